The van der Waals surface area contributed by atoms with Crippen LogP contribution >= 0.6 is 0 Å². The molecule has 2 aromatic rings. The summed E-state index contributed by atoms with van der Waals surface area (Å²) in [5.41, 5.74) is 0.189. The highest BCUT2D eigenvalue weighted by atomic mass is 28.4. The standard InChI is InChI=1S/C28H35F4NO5Si/c1-8-14-33(26(34)23(9-2)37-20-11-12-21(29)22(30)18-20)19-10-13-24(25(17-19)38-27(31)32)35-15-16-36-39(6,7)28(3,4)5/h8-13,17-18,27H,1,14-16H2,2-7H3. The first kappa shape index (κ1) is 31.9. The number of ether oxygens (including phenoxy) is 3. The number of carbonyl (C=O) groups is 1. The van der Waals surface area contributed by atoms with Gasteiger partial charge in [0, 0.05) is 24.4 Å². The van der Waals surface area contributed by atoms with E-state index in [0.29, 0.717) is 0 Å². The maximum atomic E-state index is 13.6. The summed E-state index contributed by atoms with van der Waals surface area (Å²) in [6.45, 7) is 12.9. The summed E-state index contributed by atoms with van der Waals surface area (Å²) < 4.78 is 75.2. The molecule has 0 bridgehead atoms. The summed E-state index contributed by atoms with van der Waals surface area (Å²) >= 11 is 0. The van der Waals surface area contributed by atoms with Gasteiger partial charge in [-0.3, -0.25) is 4.79 Å². The molecule has 214 valence electrons. The number of halogens is 4. The number of benzene rings is 2. The molecular formula is C28H35F4NO5Si. The quantitative estimate of drug-likeness (QED) is 0.0626. The van der Waals surface area contributed by atoms with E-state index in [9.17, 15) is 22.4 Å². The summed E-state index contributed by atoms with van der Waals surface area (Å²) in [5, 5.41) is 0.000110. The van der Waals surface area contributed by atoms with Gasteiger partial charge in [-0.25, -0.2) is 8.78 Å². The van der Waals surface area contributed by atoms with Crippen LogP contribution in [0.2, 0.25) is 18.1 Å². The Balaban J connectivity index is 2.27. The Morgan fingerprint density at radius 3 is 2.31 bits per heavy atom. The van der Waals surface area contributed by atoms with Gasteiger partial charge in [0.15, 0.2) is 37.2 Å². The first-order chi connectivity index (χ1) is 18.2. The Morgan fingerprint density at radius 1 is 1.05 bits per heavy atom. The van der Waals surface area contributed by atoms with Crippen LogP contribution in [0.5, 0.6) is 17.2 Å². The van der Waals surface area contributed by atoms with Crippen molar-refractivity contribution in [1.29, 1.82) is 0 Å². The lowest BCUT2D eigenvalue weighted by atomic mass is 10.2. The van der Waals surface area contributed by atoms with Crippen LogP contribution in [-0.2, 0) is 9.22 Å². The number of rotatable bonds is 13. The van der Waals surface area contributed by atoms with Crippen LogP contribution in [-0.4, -0.2) is 40.6 Å². The number of nitrogens with zero attached hydrogens (tertiary/aromatic N) is 1. The van der Waals surface area contributed by atoms with E-state index in [1.807, 2.05) is 0 Å². The molecule has 0 spiro atoms. The second-order valence-corrected chi connectivity index (χ2v) is 14.8. The highest BCUT2D eigenvalue weighted by Crippen LogP contribution is 2.37. The summed E-state index contributed by atoms with van der Waals surface area (Å²) in [6, 6.07) is 6.99. The van der Waals surface area contributed by atoms with Crippen molar-refractivity contribution in [3.8, 4) is 17.2 Å². The van der Waals surface area contributed by atoms with Crippen LogP contribution in [0.4, 0.5) is 23.2 Å². The van der Waals surface area contributed by atoms with Crippen molar-refractivity contribution in [1.82, 2.24) is 0 Å². The normalized spacial score (nSPS) is 12.3. The van der Waals surface area contributed by atoms with Gasteiger partial charge in [-0.1, -0.05) is 26.8 Å². The van der Waals surface area contributed by atoms with Crippen molar-refractivity contribution in [3.05, 3.63) is 72.5 Å². The molecule has 2 rings (SSSR count). The number of carbonyl (C=O) groups excluding carboxylic acids is 1. The van der Waals surface area contributed by atoms with Gasteiger partial charge < -0.3 is 23.5 Å². The van der Waals surface area contributed by atoms with Crippen LogP contribution in [0.25, 0.3) is 0 Å². The summed E-state index contributed by atoms with van der Waals surface area (Å²) in [4.78, 5) is 14.5. The number of hydrogen-bond donors (Lipinski definition) is 0. The Hall–Kier alpha value is -3.31. The van der Waals surface area contributed by atoms with Gasteiger partial charge in [0.25, 0.3) is 5.91 Å². The van der Waals surface area contributed by atoms with Crippen LogP contribution in [0.1, 0.15) is 27.7 Å². The average Bonchev–Trinajstić information content (AvgIpc) is 2.85. The molecule has 6 nitrogen and oxygen atoms in total. The summed E-state index contributed by atoms with van der Waals surface area (Å²) in [6.07, 6.45) is 2.77. The predicted octanol–water partition coefficient (Wildman–Crippen LogP) is 7.47. The molecule has 0 unspecified atom stereocenters. The zero-order valence-electron chi connectivity index (χ0n) is 23.0. The van der Waals surface area contributed by atoms with E-state index in [0.717, 1.165) is 12.1 Å². The maximum absolute atomic E-state index is 13.6. The molecule has 0 saturated heterocycles. The molecular weight excluding hydrogens is 534 g/mol. The molecule has 39 heavy (non-hydrogen) atoms. The lowest BCUT2D eigenvalue weighted by molar-refractivity contribution is -0.117. The lowest BCUT2D eigenvalue weighted by Crippen LogP contribution is -2.41. The minimum Gasteiger partial charge on any atom is -0.487 e. The number of anilines is 1. The SMILES string of the molecule is C=CCN(C(=O)C(=CC)Oc1ccc(F)c(F)c1)c1ccc(OCCO[Si](C)(C)C(C)(C)C)c(OC(F)F)c1. The van der Waals surface area contributed by atoms with E-state index in [4.69, 9.17) is 13.9 Å². The zero-order valence-corrected chi connectivity index (χ0v) is 24.0. The Kier molecular flexibility index (Phi) is 11.2. The molecule has 0 saturated carbocycles. The van der Waals surface area contributed by atoms with Gasteiger partial charge in [-0.05, 0) is 55.4 Å². The fraction of sp³-hybridized carbons (Fsp3) is 0.393. The molecule has 0 fully saturated rings. The Labute approximate surface area is 227 Å². The highest BCUT2D eigenvalue weighted by Gasteiger charge is 2.37. The van der Waals surface area contributed by atoms with Crippen molar-refractivity contribution in [3.63, 3.8) is 0 Å². The van der Waals surface area contributed by atoms with E-state index < -0.39 is 32.5 Å². The second kappa shape index (κ2) is 13.7. The van der Waals surface area contributed by atoms with Crippen molar-refractivity contribution in [2.45, 2.75) is 52.4 Å². The Morgan fingerprint density at radius 2 is 1.74 bits per heavy atom. The van der Waals surface area contributed by atoms with Crippen LogP contribution < -0.4 is 19.1 Å². The number of alkyl halides is 2. The monoisotopic (exact) mass is 569 g/mol. The molecule has 0 heterocycles. The number of hydrogen-bond acceptors (Lipinski definition) is 5. The third kappa shape index (κ3) is 8.86. The van der Waals surface area contributed by atoms with Gasteiger partial charge in [0.1, 0.15) is 12.4 Å². The molecule has 0 atom stereocenters. The third-order valence-electron chi connectivity index (χ3n) is 6.21. The van der Waals surface area contributed by atoms with Gasteiger partial charge in [0.05, 0.1) is 6.61 Å². The van der Waals surface area contributed by atoms with Crippen LogP contribution in [0.15, 0.2) is 60.9 Å². The number of amides is 1. The topological polar surface area (TPSA) is 57.2 Å². The molecule has 11 heteroatoms. The fourth-order valence-corrected chi connectivity index (χ4v) is 4.12. The minimum absolute atomic E-state index is 0.000110. The minimum atomic E-state index is -3.14. The highest BCUT2D eigenvalue weighted by molar-refractivity contribution is 6.74. The molecule has 0 aliphatic heterocycles. The average molecular weight is 570 g/mol. The van der Waals surface area contributed by atoms with Gasteiger partial charge in [-0.2, -0.15) is 8.78 Å². The molecule has 0 aliphatic rings. The van der Waals surface area contributed by atoms with E-state index >= 15 is 0 Å². The molecule has 0 N–H and O–H groups in total. The molecule has 0 aromatic heterocycles. The van der Waals surface area contributed by atoms with E-state index in [1.54, 1.807) is 0 Å². The lowest BCUT2D eigenvalue weighted by Gasteiger charge is -2.36. The van der Waals surface area contributed by atoms with Crippen molar-refractivity contribution < 1.29 is 41.0 Å². The zero-order chi connectivity index (χ0) is 29.4. The van der Waals surface area contributed by atoms with Gasteiger partial charge in [0.2, 0.25) is 0 Å². The first-order valence-electron chi connectivity index (χ1n) is 12.3. The number of allylic oxidation sites excluding steroid dienone is 1. The van der Waals surface area contributed by atoms with Gasteiger partial charge in [-0.15, -0.1) is 6.58 Å². The van der Waals surface area contributed by atoms with Crippen molar-refractivity contribution >= 4 is 19.9 Å². The smallest absolute Gasteiger partial charge is 0.387 e. The molecule has 2 aromatic carbocycles. The molecule has 0 radical (unpaired) electrons. The predicted molar refractivity (Wildman–Crippen MR) is 145 cm³/mol. The fourth-order valence-electron chi connectivity index (χ4n) is 3.10. The molecule has 0 aliphatic carbocycles. The molecule has 1 amide bonds. The maximum Gasteiger partial charge on any atom is 0.387 e. The summed E-state index contributed by atoms with van der Waals surface area (Å²) in [5.74, 6) is -3.42. The van der Waals surface area contributed by atoms with Gasteiger partial charge >= 0.3 is 6.61 Å². The summed E-state index contributed by atoms with van der Waals surface area (Å²) in [7, 11) is -2.02. The van der Waals surface area contributed by atoms with Crippen LogP contribution in [0.3, 0.4) is 0 Å². The first-order valence-corrected chi connectivity index (χ1v) is 15.2. The largest absolute Gasteiger partial charge is 0.487 e. The van der Waals surface area contributed by atoms with Crippen LogP contribution in [0, 0.1) is 11.6 Å². The Bertz CT molecular complexity index is 1180. The van der Waals surface area contributed by atoms with E-state index in [1.165, 1.54) is 48.2 Å². The second-order valence-electron chi connectivity index (χ2n) is 10.0. The van der Waals surface area contributed by atoms with Crippen molar-refractivity contribution in [2.24, 2.45) is 0 Å². The van der Waals surface area contributed by atoms with E-state index in [2.05, 4.69) is 45.2 Å². The van der Waals surface area contributed by atoms with Crippen molar-refractivity contribution in [2.75, 3.05) is 24.7 Å². The third-order valence-corrected chi connectivity index (χ3v) is 10.8. The van der Waals surface area contributed by atoms with E-state index in [-0.39, 0.29) is 53.5 Å².